The first kappa shape index (κ1) is 17.0. The summed E-state index contributed by atoms with van der Waals surface area (Å²) in [5.41, 5.74) is 8.19. The Kier molecular flexibility index (Phi) is 4.59. The van der Waals surface area contributed by atoms with Crippen molar-refractivity contribution in [1.29, 1.82) is 0 Å². The predicted molar refractivity (Wildman–Crippen MR) is 102 cm³/mol. The van der Waals surface area contributed by atoms with Gasteiger partial charge in [-0.3, -0.25) is 4.98 Å². The van der Waals surface area contributed by atoms with E-state index in [0.717, 1.165) is 56.7 Å². The van der Waals surface area contributed by atoms with E-state index < -0.39 is 0 Å². The largest absolute Gasteiger partial charge is 0.383 e. The van der Waals surface area contributed by atoms with E-state index in [2.05, 4.69) is 15.2 Å². The van der Waals surface area contributed by atoms with Gasteiger partial charge in [-0.2, -0.15) is 0 Å². The lowest BCUT2D eigenvalue weighted by molar-refractivity contribution is 0.293. The lowest BCUT2D eigenvalue weighted by Gasteiger charge is -2.48. The van der Waals surface area contributed by atoms with Crippen molar-refractivity contribution in [1.82, 2.24) is 10.3 Å². The van der Waals surface area contributed by atoms with Crippen molar-refractivity contribution in [2.45, 2.75) is 31.3 Å². The van der Waals surface area contributed by atoms with Crippen molar-refractivity contribution in [2.24, 2.45) is 10.7 Å². The van der Waals surface area contributed by atoms with Gasteiger partial charge in [0.05, 0.1) is 11.3 Å². The van der Waals surface area contributed by atoms with E-state index in [9.17, 15) is 4.39 Å². The molecule has 6 heteroatoms. The van der Waals surface area contributed by atoms with E-state index in [-0.39, 0.29) is 11.5 Å². The number of pyridine rings is 1. The van der Waals surface area contributed by atoms with Crippen LogP contribution in [0.15, 0.2) is 47.6 Å². The molecule has 3 heterocycles. The number of hydrogen-bond donors (Lipinski definition) is 2. The fourth-order valence-corrected chi connectivity index (χ4v) is 4.06. The zero-order chi connectivity index (χ0) is 18.0. The second-order valence-corrected chi connectivity index (χ2v) is 6.94. The third kappa shape index (κ3) is 3.05. The highest BCUT2D eigenvalue weighted by atomic mass is 19.1. The number of nitrogens with zero attached hydrogens (tertiary/aromatic N) is 3. The van der Waals surface area contributed by atoms with Crippen molar-refractivity contribution in [2.75, 3.05) is 24.5 Å². The highest BCUT2D eigenvalue weighted by Gasteiger charge is 2.42. The molecule has 136 valence electrons. The maximum absolute atomic E-state index is 14.4. The molecule has 0 aliphatic carbocycles. The molecule has 0 radical (unpaired) electrons. The number of anilines is 1. The summed E-state index contributed by atoms with van der Waals surface area (Å²) in [7, 11) is 0. The topological polar surface area (TPSA) is 66.5 Å². The summed E-state index contributed by atoms with van der Waals surface area (Å²) in [6, 6.07) is 11.1. The summed E-state index contributed by atoms with van der Waals surface area (Å²) >= 11 is 0. The Morgan fingerprint density at radius 3 is 2.77 bits per heavy atom. The summed E-state index contributed by atoms with van der Waals surface area (Å²) < 4.78 is 14.4. The summed E-state index contributed by atoms with van der Waals surface area (Å²) in [5.74, 6) is 0.0169. The Bertz CT molecular complexity index is 799. The van der Waals surface area contributed by atoms with Crippen LogP contribution in [0, 0.1) is 5.82 Å². The highest BCUT2D eigenvalue weighted by Crippen LogP contribution is 2.39. The molecule has 0 atom stereocenters. The van der Waals surface area contributed by atoms with Crippen molar-refractivity contribution in [3.8, 4) is 0 Å². The standard InChI is InChI=1S/C20H24FN5/c21-16-7-3-8-17-18(16)19(22)25-20(9-12-23-13-10-20)26(17)14-4-6-15-5-1-2-11-24-15/h1-3,5,7-8,11,23H,4,6,9-10,12-14H2,(H2,22,25). The molecule has 26 heavy (non-hydrogen) atoms. The molecule has 0 saturated carbocycles. The molecule has 5 nitrogen and oxygen atoms in total. The van der Waals surface area contributed by atoms with Crippen LogP contribution in [-0.4, -0.2) is 36.1 Å². The van der Waals surface area contributed by atoms with Crippen LogP contribution in [0.5, 0.6) is 0 Å². The minimum absolute atomic E-state index is 0.303. The SMILES string of the molecule is NC1=NC2(CCNCC2)N(CCCc2ccccn2)c2cccc(F)c21. The molecule has 2 aliphatic heterocycles. The molecule has 1 aromatic carbocycles. The second kappa shape index (κ2) is 7.03. The Labute approximate surface area is 153 Å². The first-order valence-corrected chi connectivity index (χ1v) is 9.22. The van der Waals surface area contributed by atoms with Gasteiger partial charge in [-0.25, -0.2) is 9.38 Å². The van der Waals surface area contributed by atoms with Crippen LogP contribution in [0.4, 0.5) is 10.1 Å². The molecule has 0 bridgehead atoms. The van der Waals surface area contributed by atoms with Gasteiger partial charge in [0.2, 0.25) is 0 Å². The molecule has 1 fully saturated rings. The number of aromatic nitrogens is 1. The van der Waals surface area contributed by atoms with Crippen LogP contribution >= 0.6 is 0 Å². The molecular formula is C20H24FN5. The number of piperidine rings is 1. The number of aliphatic imine (C=N–C) groups is 1. The zero-order valence-corrected chi connectivity index (χ0v) is 14.8. The number of halogens is 1. The molecule has 4 rings (SSSR count). The fraction of sp³-hybridized carbons (Fsp3) is 0.400. The maximum Gasteiger partial charge on any atom is 0.136 e. The number of nitrogens with two attached hydrogens (primary N) is 1. The lowest BCUT2D eigenvalue weighted by Crippen LogP contribution is -2.57. The van der Waals surface area contributed by atoms with Gasteiger partial charge < -0.3 is 16.0 Å². The first-order chi connectivity index (χ1) is 12.7. The molecule has 2 aliphatic rings. The van der Waals surface area contributed by atoms with Gasteiger partial charge in [0.1, 0.15) is 17.3 Å². The van der Waals surface area contributed by atoms with E-state index in [1.54, 1.807) is 6.07 Å². The molecule has 1 aromatic heterocycles. The van der Waals surface area contributed by atoms with Gasteiger partial charge in [-0.1, -0.05) is 12.1 Å². The van der Waals surface area contributed by atoms with Crippen LogP contribution in [-0.2, 0) is 6.42 Å². The zero-order valence-electron chi connectivity index (χ0n) is 14.8. The van der Waals surface area contributed by atoms with Crippen molar-refractivity contribution in [3.05, 3.63) is 59.7 Å². The molecule has 1 saturated heterocycles. The van der Waals surface area contributed by atoms with Gasteiger partial charge in [0, 0.05) is 31.3 Å². The minimum Gasteiger partial charge on any atom is -0.383 e. The van der Waals surface area contributed by atoms with Gasteiger partial charge >= 0.3 is 0 Å². The molecule has 3 N–H and O–H groups in total. The van der Waals surface area contributed by atoms with Crippen molar-refractivity contribution < 1.29 is 4.39 Å². The Morgan fingerprint density at radius 1 is 1.15 bits per heavy atom. The van der Waals surface area contributed by atoms with Crippen LogP contribution in [0.25, 0.3) is 0 Å². The molecule has 1 spiro atoms. The summed E-state index contributed by atoms with van der Waals surface area (Å²) in [5, 5.41) is 3.39. The van der Waals surface area contributed by atoms with E-state index >= 15 is 0 Å². The Hall–Kier alpha value is -2.47. The Balaban J connectivity index is 1.63. The third-order valence-corrected chi connectivity index (χ3v) is 5.31. The van der Waals surface area contributed by atoms with Gasteiger partial charge in [-0.15, -0.1) is 0 Å². The average Bonchev–Trinajstić information content (AvgIpc) is 2.66. The minimum atomic E-state index is -0.375. The number of benzene rings is 1. The Morgan fingerprint density at radius 2 is 2.00 bits per heavy atom. The van der Waals surface area contributed by atoms with Gasteiger partial charge in [0.15, 0.2) is 0 Å². The molecular weight excluding hydrogens is 329 g/mol. The number of fused-ring (bicyclic) bond motifs is 1. The van der Waals surface area contributed by atoms with Crippen LogP contribution in [0.3, 0.4) is 0 Å². The lowest BCUT2D eigenvalue weighted by atomic mass is 9.91. The summed E-state index contributed by atoms with van der Waals surface area (Å²) in [4.78, 5) is 11.5. The van der Waals surface area contributed by atoms with Crippen LogP contribution in [0.2, 0.25) is 0 Å². The van der Waals surface area contributed by atoms with Gasteiger partial charge in [-0.05, 0) is 50.2 Å². The van der Waals surface area contributed by atoms with E-state index in [0.29, 0.717) is 11.4 Å². The molecule has 0 unspecified atom stereocenters. The second-order valence-electron chi connectivity index (χ2n) is 6.94. The van der Waals surface area contributed by atoms with Crippen molar-refractivity contribution in [3.63, 3.8) is 0 Å². The third-order valence-electron chi connectivity index (χ3n) is 5.31. The van der Waals surface area contributed by atoms with Crippen LogP contribution < -0.4 is 16.0 Å². The number of rotatable bonds is 4. The molecule has 0 amide bonds. The smallest absolute Gasteiger partial charge is 0.136 e. The van der Waals surface area contributed by atoms with E-state index in [1.165, 1.54) is 6.07 Å². The fourth-order valence-electron chi connectivity index (χ4n) is 4.06. The average molecular weight is 353 g/mol. The predicted octanol–water partition coefficient (Wildman–Crippen LogP) is 2.46. The number of hydrogen-bond acceptors (Lipinski definition) is 5. The van der Waals surface area contributed by atoms with Crippen molar-refractivity contribution >= 4 is 11.5 Å². The quantitative estimate of drug-likeness (QED) is 0.886. The number of amidine groups is 1. The van der Waals surface area contributed by atoms with Crippen LogP contribution in [0.1, 0.15) is 30.5 Å². The maximum atomic E-state index is 14.4. The van der Waals surface area contributed by atoms with E-state index in [4.69, 9.17) is 10.7 Å². The molecule has 2 aromatic rings. The number of nitrogens with one attached hydrogen (secondary N) is 1. The van der Waals surface area contributed by atoms with Gasteiger partial charge in [0.25, 0.3) is 0 Å². The number of aryl methyl sites for hydroxylation is 1. The summed E-state index contributed by atoms with van der Waals surface area (Å²) in [6.07, 6.45) is 5.37. The first-order valence-electron chi connectivity index (χ1n) is 9.22. The summed E-state index contributed by atoms with van der Waals surface area (Å²) in [6.45, 7) is 2.57. The normalized spacial score (nSPS) is 18.5. The highest BCUT2D eigenvalue weighted by molar-refractivity contribution is 6.04. The van der Waals surface area contributed by atoms with E-state index in [1.807, 2.05) is 30.5 Å². The monoisotopic (exact) mass is 353 g/mol.